The van der Waals surface area contributed by atoms with Crippen LogP contribution in [0.2, 0.25) is 0 Å². The van der Waals surface area contributed by atoms with Gasteiger partial charge in [-0.3, -0.25) is 9.18 Å². The average molecular weight is 419 g/mol. The molecule has 1 aromatic carbocycles. The van der Waals surface area contributed by atoms with Gasteiger partial charge >= 0.3 is 0 Å². The maximum Gasteiger partial charge on any atom is 0.220 e. The topological polar surface area (TPSA) is 41.1 Å². The molecule has 2 saturated carbocycles. The van der Waals surface area contributed by atoms with Gasteiger partial charge in [-0.25, -0.2) is 4.39 Å². The molecule has 3 nitrogen and oxygen atoms in total. The Morgan fingerprint density at radius 2 is 2.03 bits per heavy atom. The molecule has 30 heavy (non-hydrogen) atoms. The Balaban J connectivity index is 1.43. The third kappa shape index (κ3) is 4.71. The van der Waals surface area contributed by atoms with Crippen LogP contribution in [0.5, 0.6) is 0 Å². The van der Waals surface area contributed by atoms with E-state index in [4.69, 9.17) is 0 Å². The molecule has 0 spiro atoms. The summed E-state index contributed by atoms with van der Waals surface area (Å²) >= 11 is 0. The largest absolute Gasteiger partial charge is 0.350 e. The van der Waals surface area contributed by atoms with Gasteiger partial charge in [-0.15, -0.1) is 0 Å². The summed E-state index contributed by atoms with van der Waals surface area (Å²) in [6.45, 7) is 0.809. The number of fused-ring (bicyclic) bond motifs is 2. The lowest BCUT2D eigenvalue weighted by molar-refractivity contribution is -0.123. The van der Waals surface area contributed by atoms with E-state index >= 15 is 0 Å². The highest BCUT2D eigenvalue weighted by molar-refractivity contribution is 5.76. The second-order valence-electron chi connectivity index (χ2n) is 10.1. The van der Waals surface area contributed by atoms with Gasteiger partial charge in [0, 0.05) is 13.0 Å². The van der Waals surface area contributed by atoms with Gasteiger partial charge in [-0.2, -0.15) is 0 Å². The van der Waals surface area contributed by atoms with Crippen molar-refractivity contribution < 1.29 is 13.6 Å². The summed E-state index contributed by atoms with van der Waals surface area (Å²) in [6, 6.07) is 10.4. The van der Waals surface area contributed by atoms with Crippen LogP contribution in [0.1, 0.15) is 69.8 Å². The fourth-order valence-corrected chi connectivity index (χ4v) is 6.76. The molecule has 4 rings (SSSR count). The van der Waals surface area contributed by atoms with Gasteiger partial charge in [0.2, 0.25) is 5.91 Å². The van der Waals surface area contributed by atoms with Gasteiger partial charge in [-0.05, 0) is 80.2 Å². The Morgan fingerprint density at radius 1 is 1.20 bits per heavy atom. The molecule has 1 amide bonds. The van der Waals surface area contributed by atoms with Crippen molar-refractivity contribution in [2.75, 3.05) is 19.8 Å². The second-order valence-corrected chi connectivity index (χ2v) is 10.1. The van der Waals surface area contributed by atoms with Gasteiger partial charge in [-0.1, -0.05) is 36.8 Å². The molecule has 1 saturated heterocycles. The molecule has 1 unspecified atom stereocenters. The number of carbonyl (C=O) groups excluding carboxylic acids is 1. The summed E-state index contributed by atoms with van der Waals surface area (Å²) in [6.07, 6.45) is 8.15. The monoisotopic (exact) mass is 418 g/mol. The van der Waals surface area contributed by atoms with E-state index in [-0.39, 0.29) is 29.5 Å². The molecule has 1 aliphatic heterocycles. The molecule has 3 fully saturated rings. The molecule has 2 bridgehead atoms. The highest BCUT2D eigenvalue weighted by Gasteiger charge is 2.51. The van der Waals surface area contributed by atoms with E-state index in [1.165, 1.54) is 5.56 Å². The van der Waals surface area contributed by atoms with Crippen molar-refractivity contribution in [1.29, 1.82) is 0 Å². The predicted molar refractivity (Wildman–Crippen MR) is 116 cm³/mol. The second kappa shape index (κ2) is 9.33. The lowest BCUT2D eigenvalue weighted by atomic mass is 9.49. The van der Waals surface area contributed by atoms with Gasteiger partial charge < -0.3 is 10.6 Å². The van der Waals surface area contributed by atoms with Crippen LogP contribution in [0.25, 0.3) is 0 Å². The van der Waals surface area contributed by atoms with E-state index in [0.717, 1.165) is 51.5 Å². The first-order valence-electron chi connectivity index (χ1n) is 11.8. The van der Waals surface area contributed by atoms with E-state index in [2.05, 4.69) is 41.0 Å². The Morgan fingerprint density at radius 3 is 2.80 bits per heavy atom. The minimum atomic E-state index is -1.01. The Kier molecular flexibility index (Phi) is 6.76. The van der Waals surface area contributed by atoms with E-state index in [0.29, 0.717) is 31.7 Å². The van der Waals surface area contributed by atoms with Crippen LogP contribution in [0.3, 0.4) is 0 Å². The van der Waals surface area contributed by atoms with Crippen LogP contribution in [0, 0.1) is 11.3 Å². The standard InChI is InChI=1S/C25H36F2N2O/c26-13-12-24-10-4-11-25(18-24,20-5-2-1-3-6-20)16-19(15-24)7-8-23(30)29-22-9-14-28-17-21(22)27/h1-3,5-6,19,21-22,28H,4,7-18H2,(H,29,30)/t19?,21-,22+,24-,25+/m0/s1. The van der Waals surface area contributed by atoms with Crippen molar-refractivity contribution in [3.05, 3.63) is 35.9 Å². The molecule has 0 radical (unpaired) electrons. The number of hydrogen-bond donors (Lipinski definition) is 2. The van der Waals surface area contributed by atoms with Crippen molar-refractivity contribution in [1.82, 2.24) is 10.6 Å². The molecule has 3 aliphatic rings. The summed E-state index contributed by atoms with van der Waals surface area (Å²) in [7, 11) is 0. The minimum Gasteiger partial charge on any atom is -0.350 e. The zero-order chi connectivity index (χ0) is 21.0. The number of piperidine rings is 1. The number of rotatable bonds is 7. The Labute approximate surface area is 179 Å². The summed E-state index contributed by atoms with van der Waals surface area (Å²) in [4.78, 5) is 12.5. The number of amides is 1. The summed E-state index contributed by atoms with van der Waals surface area (Å²) in [5.74, 6) is 0.388. The van der Waals surface area contributed by atoms with Crippen molar-refractivity contribution in [2.24, 2.45) is 11.3 Å². The molecular formula is C25H36F2N2O. The van der Waals surface area contributed by atoms with E-state index in [1.807, 2.05) is 0 Å². The number of alkyl halides is 2. The first kappa shape index (κ1) is 21.7. The lowest BCUT2D eigenvalue weighted by Gasteiger charge is -2.55. The zero-order valence-electron chi connectivity index (χ0n) is 18.0. The smallest absolute Gasteiger partial charge is 0.220 e. The van der Waals surface area contributed by atoms with E-state index in [1.54, 1.807) is 0 Å². The highest BCUT2D eigenvalue weighted by atomic mass is 19.1. The molecule has 2 N–H and O–H groups in total. The Hall–Kier alpha value is -1.49. The predicted octanol–water partition coefficient (Wildman–Crippen LogP) is 4.85. The van der Waals surface area contributed by atoms with E-state index < -0.39 is 6.17 Å². The number of benzene rings is 1. The molecule has 1 aromatic rings. The van der Waals surface area contributed by atoms with Crippen molar-refractivity contribution in [2.45, 2.75) is 81.8 Å². The van der Waals surface area contributed by atoms with Crippen molar-refractivity contribution >= 4 is 5.91 Å². The Bertz CT molecular complexity index is 710. The SMILES string of the molecule is O=C(CCC1C[C@@]2(CCF)CCC[C@@](c3ccccc3)(C1)C2)N[C@@H]1CCNC[C@@H]1F. The summed E-state index contributed by atoms with van der Waals surface area (Å²) in [5, 5.41) is 5.94. The van der Waals surface area contributed by atoms with Crippen LogP contribution in [0.4, 0.5) is 8.78 Å². The van der Waals surface area contributed by atoms with Crippen LogP contribution >= 0.6 is 0 Å². The van der Waals surface area contributed by atoms with Gasteiger partial charge in [0.05, 0.1) is 12.7 Å². The van der Waals surface area contributed by atoms with E-state index in [9.17, 15) is 13.6 Å². The summed E-state index contributed by atoms with van der Waals surface area (Å²) in [5.41, 5.74) is 1.58. The van der Waals surface area contributed by atoms with Gasteiger partial charge in [0.25, 0.3) is 0 Å². The normalized spacial score (nSPS) is 36.3. The summed E-state index contributed by atoms with van der Waals surface area (Å²) < 4.78 is 27.5. The number of halogens is 2. The van der Waals surface area contributed by atoms with Crippen LogP contribution in [-0.4, -0.2) is 37.9 Å². The fourth-order valence-electron chi connectivity index (χ4n) is 6.76. The molecule has 1 heterocycles. The molecular weight excluding hydrogens is 382 g/mol. The molecule has 166 valence electrons. The molecule has 2 aliphatic carbocycles. The first-order valence-corrected chi connectivity index (χ1v) is 11.8. The van der Waals surface area contributed by atoms with Gasteiger partial charge in [0.1, 0.15) is 6.17 Å². The van der Waals surface area contributed by atoms with Crippen LogP contribution < -0.4 is 10.6 Å². The quantitative estimate of drug-likeness (QED) is 0.665. The highest BCUT2D eigenvalue weighted by Crippen LogP contribution is 2.60. The lowest BCUT2D eigenvalue weighted by Crippen LogP contribution is -2.51. The van der Waals surface area contributed by atoms with Crippen molar-refractivity contribution in [3.63, 3.8) is 0 Å². The maximum atomic E-state index is 14.0. The number of nitrogens with one attached hydrogen (secondary N) is 2. The number of carbonyl (C=O) groups is 1. The first-order chi connectivity index (χ1) is 14.5. The average Bonchev–Trinajstić information content (AvgIpc) is 2.74. The fraction of sp³-hybridized carbons (Fsp3) is 0.720. The molecule has 5 atom stereocenters. The van der Waals surface area contributed by atoms with Crippen LogP contribution in [0.15, 0.2) is 30.3 Å². The van der Waals surface area contributed by atoms with Gasteiger partial charge in [0.15, 0.2) is 0 Å². The molecule has 5 heteroatoms. The van der Waals surface area contributed by atoms with Crippen LogP contribution in [-0.2, 0) is 10.2 Å². The maximum absolute atomic E-state index is 14.0. The number of hydrogen-bond acceptors (Lipinski definition) is 2. The third-order valence-corrected chi connectivity index (χ3v) is 8.02. The van der Waals surface area contributed by atoms with Crippen molar-refractivity contribution in [3.8, 4) is 0 Å². The molecule has 0 aromatic heterocycles. The minimum absolute atomic E-state index is 0.0337. The zero-order valence-corrected chi connectivity index (χ0v) is 18.0. The third-order valence-electron chi connectivity index (χ3n) is 8.02.